The lowest BCUT2D eigenvalue weighted by Crippen LogP contribution is -2.41. The SMILES string of the molecule is CC1OB(B2OC(C)C(C)(C)O2)OC1(C)C. The first kappa shape index (κ1) is 12.4. The molecule has 0 amide bonds. The molecule has 90 valence electrons. The van der Waals surface area contributed by atoms with E-state index in [-0.39, 0.29) is 23.4 Å². The van der Waals surface area contributed by atoms with Gasteiger partial charge in [-0.2, -0.15) is 0 Å². The zero-order chi connectivity index (χ0) is 12.1. The van der Waals surface area contributed by atoms with Crippen molar-refractivity contribution in [3.05, 3.63) is 0 Å². The van der Waals surface area contributed by atoms with Gasteiger partial charge in [0.05, 0.1) is 23.4 Å². The predicted octanol–water partition coefficient (Wildman–Crippen LogP) is 1.47. The van der Waals surface area contributed by atoms with E-state index in [9.17, 15) is 0 Å². The van der Waals surface area contributed by atoms with Crippen LogP contribution in [-0.4, -0.2) is 37.4 Å². The summed E-state index contributed by atoms with van der Waals surface area (Å²) in [4.78, 5) is 0. The van der Waals surface area contributed by atoms with Crippen molar-refractivity contribution in [2.24, 2.45) is 0 Å². The number of hydrogen-bond acceptors (Lipinski definition) is 4. The zero-order valence-corrected chi connectivity index (χ0v) is 10.9. The van der Waals surface area contributed by atoms with Crippen LogP contribution < -0.4 is 0 Å². The molecule has 0 bridgehead atoms. The fourth-order valence-corrected chi connectivity index (χ4v) is 1.82. The van der Waals surface area contributed by atoms with E-state index < -0.39 is 14.0 Å². The molecule has 2 unspecified atom stereocenters. The van der Waals surface area contributed by atoms with Gasteiger partial charge in [-0.15, -0.1) is 0 Å². The quantitative estimate of drug-likeness (QED) is 0.634. The van der Waals surface area contributed by atoms with Crippen LogP contribution in [0.2, 0.25) is 0 Å². The minimum atomic E-state index is -0.422. The Balaban J connectivity index is 2.02. The van der Waals surface area contributed by atoms with E-state index in [1.54, 1.807) is 0 Å². The molecular formula is C10H20B2O4. The molecule has 2 fully saturated rings. The molecule has 0 aliphatic carbocycles. The Labute approximate surface area is 98.2 Å². The van der Waals surface area contributed by atoms with Crippen LogP contribution in [0.15, 0.2) is 0 Å². The Morgan fingerprint density at radius 2 is 1.06 bits per heavy atom. The van der Waals surface area contributed by atoms with Gasteiger partial charge in [-0.25, -0.2) is 0 Å². The molecule has 0 aromatic rings. The highest BCUT2D eigenvalue weighted by atomic mass is 16.7. The van der Waals surface area contributed by atoms with E-state index in [1.165, 1.54) is 0 Å². The second kappa shape index (κ2) is 3.73. The van der Waals surface area contributed by atoms with E-state index in [0.29, 0.717) is 0 Å². The Hall–Kier alpha value is -0.0301. The van der Waals surface area contributed by atoms with Gasteiger partial charge < -0.3 is 18.6 Å². The smallest absolute Gasteiger partial charge is 0.408 e. The van der Waals surface area contributed by atoms with Crippen molar-refractivity contribution >= 4 is 14.0 Å². The molecule has 0 spiro atoms. The Morgan fingerprint density at radius 1 is 0.750 bits per heavy atom. The van der Waals surface area contributed by atoms with E-state index in [2.05, 4.69) is 0 Å². The van der Waals surface area contributed by atoms with Crippen LogP contribution in [0, 0.1) is 0 Å². The lowest BCUT2D eigenvalue weighted by molar-refractivity contribution is 0.0826. The van der Waals surface area contributed by atoms with Gasteiger partial charge in [-0.05, 0) is 41.5 Å². The third kappa shape index (κ3) is 2.04. The summed E-state index contributed by atoms with van der Waals surface area (Å²) < 4.78 is 23.1. The van der Waals surface area contributed by atoms with Crippen molar-refractivity contribution in [2.45, 2.75) is 65.0 Å². The van der Waals surface area contributed by atoms with Crippen LogP contribution in [0.4, 0.5) is 0 Å². The maximum Gasteiger partial charge on any atom is 0.488 e. The minimum absolute atomic E-state index is 0.0451. The Kier molecular flexibility index (Phi) is 2.90. The van der Waals surface area contributed by atoms with Crippen molar-refractivity contribution in [1.82, 2.24) is 0 Å². The summed E-state index contributed by atoms with van der Waals surface area (Å²) in [7, 11) is -0.844. The maximum absolute atomic E-state index is 5.81. The fourth-order valence-electron chi connectivity index (χ4n) is 1.82. The van der Waals surface area contributed by atoms with Gasteiger partial charge in [0.15, 0.2) is 0 Å². The van der Waals surface area contributed by atoms with Gasteiger partial charge >= 0.3 is 14.0 Å². The highest BCUT2D eigenvalue weighted by Gasteiger charge is 2.57. The number of rotatable bonds is 1. The highest BCUT2D eigenvalue weighted by molar-refractivity contribution is 7.11. The van der Waals surface area contributed by atoms with Crippen LogP contribution in [0.25, 0.3) is 0 Å². The molecule has 16 heavy (non-hydrogen) atoms. The summed E-state index contributed by atoms with van der Waals surface area (Å²) in [6.45, 7) is 12.1. The zero-order valence-electron chi connectivity index (χ0n) is 10.9. The predicted molar refractivity (Wildman–Crippen MR) is 62.9 cm³/mol. The van der Waals surface area contributed by atoms with E-state index in [1.807, 2.05) is 41.5 Å². The summed E-state index contributed by atoms with van der Waals surface area (Å²) >= 11 is 0. The second-order valence-electron chi connectivity index (χ2n) is 5.74. The lowest BCUT2D eigenvalue weighted by Gasteiger charge is -2.22. The molecule has 2 atom stereocenters. The van der Waals surface area contributed by atoms with Gasteiger partial charge in [0.1, 0.15) is 0 Å². The van der Waals surface area contributed by atoms with Gasteiger partial charge in [-0.1, -0.05) is 0 Å². The van der Waals surface area contributed by atoms with E-state index in [4.69, 9.17) is 18.6 Å². The van der Waals surface area contributed by atoms with Crippen LogP contribution in [0.1, 0.15) is 41.5 Å². The molecule has 0 aromatic carbocycles. The average molecular weight is 226 g/mol. The fraction of sp³-hybridized carbons (Fsp3) is 1.00. The second-order valence-corrected chi connectivity index (χ2v) is 5.74. The minimum Gasteiger partial charge on any atom is -0.408 e. The third-order valence-corrected chi connectivity index (χ3v) is 3.70. The third-order valence-electron chi connectivity index (χ3n) is 3.70. The Bertz CT molecular complexity index is 254. The normalized spacial score (nSPS) is 37.1. The Morgan fingerprint density at radius 3 is 1.25 bits per heavy atom. The monoisotopic (exact) mass is 226 g/mol. The number of hydrogen-bond donors (Lipinski definition) is 0. The van der Waals surface area contributed by atoms with E-state index >= 15 is 0 Å². The molecule has 0 aromatic heterocycles. The molecule has 2 saturated heterocycles. The molecular weight excluding hydrogens is 206 g/mol. The van der Waals surface area contributed by atoms with Crippen molar-refractivity contribution < 1.29 is 18.6 Å². The molecule has 6 heteroatoms. The molecule has 4 nitrogen and oxygen atoms in total. The first-order chi connectivity index (χ1) is 7.22. The largest absolute Gasteiger partial charge is 0.488 e. The summed E-state index contributed by atoms with van der Waals surface area (Å²) in [5.41, 5.74) is -0.569. The first-order valence-corrected chi connectivity index (χ1v) is 5.89. The van der Waals surface area contributed by atoms with Gasteiger partial charge in [0.25, 0.3) is 0 Å². The van der Waals surface area contributed by atoms with Gasteiger partial charge in [0, 0.05) is 0 Å². The molecule has 2 aliphatic heterocycles. The topological polar surface area (TPSA) is 36.9 Å². The molecule has 0 radical (unpaired) electrons. The van der Waals surface area contributed by atoms with Crippen molar-refractivity contribution in [2.75, 3.05) is 0 Å². The molecule has 0 N–H and O–H groups in total. The van der Waals surface area contributed by atoms with Crippen molar-refractivity contribution in [1.29, 1.82) is 0 Å². The van der Waals surface area contributed by atoms with Crippen LogP contribution >= 0.6 is 0 Å². The summed E-state index contributed by atoms with van der Waals surface area (Å²) in [5, 5.41) is 0. The van der Waals surface area contributed by atoms with Crippen LogP contribution in [0.5, 0.6) is 0 Å². The molecule has 0 saturated carbocycles. The summed E-state index contributed by atoms with van der Waals surface area (Å²) in [6.07, 6.45) is 0.0902. The molecule has 2 heterocycles. The van der Waals surface area contributed by atoms with Crippen LogP contribution in [0.3, 0.4) is 0 Å². The molecule has 2 aliphatic rings. The first-order valence-electron chi connectivity index (χ1n) is 5.89. The van der Waals surface area contributed by atoms with Crippen LogP contribution in [-0.2, 0) is 18.6 Å². The lowest BCUT2D eigenvalue weighted by atomic mass is 9.49. The van der Waals surface area contributed by atoms with E-state index in [0.717, 1.165) is 0 Å². The highest BCUT2D eigenvalue weighted by Crippen LogP contribution is 2.34. The van der Waals surface area contributed by atoms with Gasteiger partial charge in [-0.3, -0.25) is 0 Å². The van der Waals surface area contributed by atoms with Crippen molar-refractivity contribution in [3.8, 4) is 0 Å². The molecule has 2 rings (SSSR count). The summed E-state index contributed by atoms with van der Waals surface area (Å²) in [5.74, 6) is 0. The standard InChI is InChI=1S/C10H20B2O4/c1-7-9(3,4)15-11(13-7)12-14-8(2)10(5,6)16-12/h7-8H,1-6H3. The summed E-state index contributed by atoms with van der Waals surface area (Å²) in [6, 6.07) is 0. The van der Waals surface area contributed by atoms with Crippen molar-refractivity contribution in [3.63, 3.8) is 0 Å². The average Bonchev–Trinajstić information content (AvgIpc) is 2.53. The maximum atomic E-state index is 5.81. The van der Waals surface area contributed by atoms with Gasteiger partial charge in [0.2, 0.25) is 0 Å².